The molecule has 0 fully saturated rings. The summed E-state index contributed by atoms with van der Waals surface area (Å²) in [7, 11) is 3.22. The number of hydrogen-bond donors (Lipinski definition) is 1. The van der Waals surface area contributed by atoms with E-state index in [4.69, 9.17) is 4.74 Å². The fourth-order valence-electron chi connectivity index (χ4n) is 2.73. The van der Waals surface area contributed by atoms with E-state index in [0.717, 1.165) is 5.52 Å². The van der Waals surface area contributed by atoms with Gasteiger partial charge in [-0.05, 0) is 23.6 Å². The predicted molar refractivity (Wildman–Crippen MR) is 106 cm³/mol. The third-order valence-corrected chi connectivity index (χ3v) is 5.83. The summed E-state index contributed by atoms with van der Waals surface area (Å²) >= 11 is 2.63. The van der Waals surface area contributed by atoms with Crippen molar-refractivity contribution in [2.24, 2.45) is 7.05 Å². The Morgan fingerprint density at radius 2 is 2.11 bits per heavy atom. The molecule has 1 amide bonds. The van der Waals surface area contributed by atoms with Crippen LogP contribution in [0, 0.1) is 0 Å². The topological polar surface area (TPSA) is 90.5 Å². The molecule has 0 aliphatic heterocycles. The molecule has 0 unspecified atom stereocenters. The van der Waals surface area contributed by atoms with Gasteiger partial charge in [0.25, 0.3) is 5.56 Å². The van der Waals surface area contributed by atoms with Gasteiger partial charge in [-0.2, -0.15) is 0 Å². The number of methoxy groups -OCH3 is 1. The standard InChI is InChI=1S/C17H15N5O3S2/c1-21-15(24)14-11(7-8-26-14)22-16(21)19-20-17(22)27-9-13(23)18-10-5-3-4-6-12(10)25-2/h3-8H,9H2,1-2H3,(H,18,23). The first kappa shape index (κ1) is 17.6. The van der Waals surface area contributed by atoms with Crippen molar-refractivity contribution in [1.82, 2.24) is 19.2 Å². The molecule has 0 saturated carbocycles. The molecule has 3 aromatic heterocycles. The molecule has 0 saturated heterocycles. The van der Waals surface area contributed by atoms with Gasteiger partial charge in [0, 0.05) is 7.05 Å². The number of nitrogens with one attached hydrogen (secondary N) is 1. The van der Waals surface area contributed by atoms with Gasteiger partial charge in [-0.3, -0.25) is 18.6 Å². The predicted octanol–water partition coefficient (Wildman–Crippen LogP) is 2.38. The monoisotopic (exact) mass is 401 g/mol. The number of carbonyl (C=O) groups excluding carboxylic acids is 1. The molecular weight excluding hydrogens is 386 g/mol. The van der Waals surface area contributed by atoms with Gasteiger partial charge >= 0.3 is 0 Å². The van der Waals surface area contributed by atoms with Crippen LogP contribution in [0.3, 0.4) is 0 Å². The summed E-state index contributed by atoms with van der Waals surface area (Å²) in [4.78, 5) is 24.7. The minimum atomic E-state index is -0.187. The minimum absolute atomic E-state index is 0.106. The molecule has 4 rings (SSSR count). The molecule has 1 aromatic carbocycles. The fourth-order valence-corrected chi connectivity index (χ4v) is 4.32. The fraction of sp³-hybridized carbons (Fsp3) is 0.176. The second-order valence-electron chi connectivity index (χ2n) is 5.65. The molecule has 0 radical (unpaired) electrons. The van der Waals surface area contributed by atoms with Crippen LogP contribution >= 0.6 is 23.1 Å². The van der Waals surface area contributed by atoms with Gasteiger partial charge < -0.3 is 10.1 Å². The first-order chi connectivity index (χ1) is 13.1. The molecule has 27 heavy (non-hydrogen) atoms. The van der Waals surface area contributed by atoms with Crippen LogP contribution in [-0.2, 0) is 11.8 Å². The SMILES string of the molecule is COc1ccccc1NC(=O)CSc1nnc2n(C)c(=O)c3sccc3n12. The zero-order valence-corrected chi connectivity index (χ0v) is 16.1. The molecule has 10 heteroatoms. The lowest BCUT2D eigenvalue weighted by Gasteiger charge is -2.09. The Morgan fingerprint density at radius 3 is 2.93 bits per heavy atom. The Labute approximate surface area is 161 Å². The average Bonchev–Trinajstić information content (AvgIpc) is 3.31. The van der Waals surface area contributed by atoms with E-state index in [-0.39, 0.29) is 17.2 Å². The Morgan fingerprint density at radius 1 is 1.30 bits per heavy atom. The number of thioether (sulfide) groups is 1. The van der Waals surface area contributed by atoms with Crippen LogP contribution in [0.4, 0.5) is 5.69 Å². The lowest BCUT2D eigenvalue weighted by Crippen LogP contribution is -2.19. The van der Waals surface area contributed by atoms with Crippen molar-refractivity contribution in [2.45, 2.75) is 5.16 Å². The number of hydrogen-bond acceptors (Lipinski definition) is 7. The summed E-state index contributed by atoms with van der Waals surface area (Å²) in [6.45, 7) is 0. The zero-order chi connectivity index (χ0) is 19.0. The normalized spacial score (nSPS) is 11.2. The van der Waals surface area contributed by atoms with Crippen molar-refractivity contribution >= 4 is 50.7 Å². The third-order valence-electron chi connectivity index (χ3n) is 4.01. The molecule has 0 aliphatic carbocycles. The minimum Gasteiger partial charge on any atom is -0.495 e. The number of para-hydroxylation sites is 2. The first-order valence-electron chi connectivity index (χ1n) is 7.97. The molecule has 4 aromatic rings. The highest BCUT2D eigenvalue weighted by Crippen LogP contribution is 2.26. The highest BCUT2D eigenvalue weighted by Gasteiger charge is 2.17. The van der Waals surface area contributed by atoms with Crippen LogP contribution in [0.25, 0.3) is 16.0 Å². The van der Waals surface area contributed by atoms with Crippen molar-refractivity contribution in [3.63, 3.8) is 0 Å². The molecule has 0 aliphatic rings. The van der Waals surface area contributed by atoms with Crippen molar-refractivity contribution < 1.29 is 9.53 Å². The van der Waals surface area contributed by atoms with E-state index in [0.29, 0.717) is 27.1 Å². The quantitative estimate of drug-likeness (QED) is 0.517. The molecular formula is C17H15N5O3S2. The van der Waals surface area contributed by atoms with Gasteiger partial charge in [-0.15, -0.1) is 21.5 Å². The number of carbonyl (C=O) groups is 1. The second kappa shape index (κ2) is 7.05. The van der Waals surface area contributed by atoms with E-state index in [1.807, 2.05) is 23.6 Å². The number of nitrogens with zero attached hydrogens (tertiary/aromatic N) is 4. The van der Waals surface area contributed by atoms with Gasteiger partial charge in [0.05, 0.1) is 24.1 Å². The van der Waals surface area contributed by atoms with Crippen LogP contribution < -0.4 is 15.6 Å². The van der Waals surface area contributed by atoms with E-state index in [1.54, 1.807) is 30.7 Å². The first-order valence-corrected chi connectivity index (χ1v) is 9.83. The number of ether oxygens (including phenoxy) is 1. The number of benzene rings is 1. The molecule has 3 heterocycles. The van der Waals surface area contributed by atoms with E-state index >= 15 is 0 Å². The van der Waals surface area contributed by atoms with Crippen molar-refractivity contribution in [3.05, 3.63) is 46.1 Å². The molecule has 0 bridgehead atoms. The summed E-state index contributed by atoms with van der Waals surface area (Å²) in [5, 5.41) is 13.5. The Balaban J connectivity index is 1.59. The number of aryl methyl sites for hydroxylation is 1. The van der Waals surface area contributed by atoms with Gasteiger partial charge in [0.15, 0.2) is 5.16 Å². The summed E-state index contributed by atoms with van der Waals surface area (Å²) in [6, 6.07) is 9.07. The maximum atomic E-state index is 12.4. The number of aromatic nitrogens is 4. The number of amides is 1. The summed E-state index contributed by atoms with van der Waals surface area (Å²) < 4.78 is 9.13. The number of rotatable bonds is 5. The smallest absolute Gasteiger partial charge is 0.272 e. The number of anilines is 1. The Hall–Kier alpha value is -2.85. The van der Waals surface area contributed by atoms with Crippen LogP contribution in [0.1, 0.15) is 0 Å². The van der Waals surface area contributed by atoms with Crippen molar-refractivity contribution in [1.29, 1.82) is 0 Å². The van der Waals surface area contributed by atoms with Crippen LogP contribution in [0.2, 0.25) is 0 Å². The number of thiophene rings is 1. The van der Waals surface area contributed by atoms with Crippen molar-refractivity contribution in [2.75, 3.05) is 18.2 Å². The molecule has 138 valence electrons. The van der Waals surface area contributed by atoms with Crippen LogP contribution in [0.5, 0.6) is 5.75 Å². The summed E-state index contributed by atoms with van der Waals surface area (Å²) in [6.07, 6.45) is 0. The average molecular weight is 401 g/mol. The van der Waals surface area contributed by atoms with Gasteiger partial charge in [0.1, 0.15) is 10.4 Å². The van der Waals surface area contributed by atoms with E-state index in [9.17, 15) is 9.59 Å². The maximum absolute atomic E-state index is 12.4. The van der Waals surface area contributed by atoms with E-state index in [2.05, 4.69) is 15.5 Å². The van der Waals surface area contributed by atoms with E-state index < -0.39 is 0 Å². The Kier molecular flexibility index (Phi) is 4.58. The van der Waals surface area contributed by atoms with E-state index in [1.165, 1.54) is 27.7 Å². The van der Waals surface area contributed by atoms with Gasteiger partial charge in [-0.1, -0.05) is 23.9 Å². The largest absolute Gasteiger partial charge is 0.495 e. The highest BCUT2D eigenvalue weighted by atomic mass is 32.2. The lowest BCUT2D eigenvalue weighted by molar-refractivity contribution is -0.113. The van der Waals surface area contributed by atoms with Crippen LogP contribution in [-0.4, -0.2) is 37.9 Å². The van der Waals surface area contributed by atoms with Gasteiger partial charge in [-0.25, -0.2) is 0 Å². The third kappa shape index (κ3) is 3.06. The zero-order valence-electron chi connectivity index (χ0n) is 14.5. The molecule has 1 N–H and O–H groups in total. The number of fused-ring (bicyclic) bond motifs is 3. The lowest BCUT2D eigenvalue weighted by atomic mass is 10.3. The summed E-state index contributed by atoms with van der Waals surface area (Å²) in [5.74, 6) is 0.998. The van der Waals surface area contributed by atoms with Crippen molar-refractivity contribution in [3.8, 4) is 5.75 Å². The molecule has 0 spiro atoms. The van der Waals surface area contributed by atoms with Gasteiger partial charge in [0.2, 0.25) is 11.7 Å². The molecule has 0 atom stereocenters. The highest BCUT2D eigenvalue weighted by molar-refractivity contribution is 7.99. The maximum Gasteiger partial charge on any atom is 0.272 e. The molecule has 8 nitrogen and oxygen atoms in total. The summed E-state index contributed by atoms with van der Waals surface area (Å²) in [5.41, 5.74) is 1.25. The second-order valence-corrected chi connectivity index (χ2v) is 7.51. The van der Waals surface area contributed by atoms with Crippen LogP contribution in [0.15, 0.2) is 45.7 Å². The Bertz CT molecular complexity index is 1210.